The molecular formula is C16H16F3NO. The van der Waals surface area contributed by atoms with Crippen molar-refractivity contribution in [1.82, 2.24) is 0 Å². The fourth-order valence-electron chi connectivity index (χ4n) is 2.04. The van der Waals surface area contributed by atoms with Gasteiger partial charge in [0.25, 0.3) is 0 Å². The SMILES string of the molecule is CCC(N)C(Oc1cc(F)cc(F)c1)c1ccccc1F. The maximum Gasteiger partial charge on any atom is 0.142 e. The van der Waals surface area contributed by atoms with E-state index in [1.54, 1.807) is 18.2 Å². The van der Waals surface area contributed by atoms with Crippen molar-refractivity contribution < 1.29 is 17.9 Å². The van der Waals surface area contributed by atoms with E-state index in [1.165, 1.54) is 6.07 Å². The number of hydrogen-bond donors (Lipinski definition) is 1. The Morgan fingerprint density at radius 3 is 2.24 bits per heavy atom. The molecule has 2 rings (SSSR count). The minimum absolute atomic E-state index is 0.0235. The molecule has 2 nitrogen and oxygen atoms in total. The van der Waals surface area contributed by atoms with E-state index in [0.717, 1.165) is 18.2 Å². The lowest BCUT2D eigenvalue weighted by Crippen LogP contribution is -2.32. The first kappa shape index (κ1) is 15.4. The molecule has 0 heterocycles. The van der Waals surface area contributed by atoms with Crippen LogP contribution in [0, 0.1) is 17.5 Å². The van der Waals surface area contributed by atoms with Gasteiger partial charge in [0, 0.05) is 29.8 Å². The van der Waals surface area contributed by atoms with E-state index < -0.39 is 29.6 Å². The zero-order chi connectivity index (χ0) is 15.4. The smallest absolute Gasteiger partial charge is 0.142 e. The molecule has 2 unspecified atom stereocenters. The average molecular weight is 295 g/mol. The largest absolute Gasteiger partial charge is 0.484 e. The van der Waals surface area contributed by atoms with Gasteiger partial charge in [-0.3, -0.25) is 0 Å². The summed E-state index contributed by atoms with van der Waals surface area (Å²) in [6.45, 7) is 1.83. The van der Waals surface area contributed by atoms with Gasteiger partial charge in [-0.15, -0.1) is 0 Å². The Balaban J connectivity index is 2.35. The van der Waals surface area contributed by atoms with Crippen LogP contribution in [0.4, 0.5) is 13.2 Å². The van der Waals surface area contributed by atoms with Gasteiger partial charge in [-0.2, -0.15) is 0 Å². The summed E-state index contributed by atoms with van der Waals surface area (Å²) in [6.07, 6.45) is -0.297. The lowest BCUT2D eigenvalue weighted by Gasteiger charge is -2.25. The van der Waals surface area contributed by atoms with Gasteiger partial charge < -0.3 is 10.5 Å². The van der Waals surface area contributed by atoms with Gasteiger partial charge in [0.2, 0.25) is 0 Å². The lowest BCUT2D eigenvalue weighted by molar-refractivity contribution is 0.165. The summed E-state index contributed by atoms with van der Waals surface area (Å²) < 4.78 is 45.9. The molecule has 0 spiro atoms. The van der Waals surface area contributed by atoms with Crippen LogP contribution in [-0.4, -0.2) is 6.04 Å². The Labute approximate surface area is 121 Å². The third-order valence-electron chi connectivity index (χ3n) is 3.17. The zero-order valence-corrected chi connectivity index (χ0v) is 11.5. The van der Waals surface area contributed by atoms with Crippen molar-refractivity contribution in [2.45, 2.75) is 25.5 Å². The lowest BCUT2D eigenvalue weighted by atomic mass is 10.00. The maximum atomic E-state index is 13.9. The molecular weight excluding hydrogens is 279 g/mol. The Morgan fingerprint density at radius 1 is 1.05 bits per heavy atom. The molecule has 5 heteroatoms. The molecule has 112 valence electrons. The van der Waals surface area contributed by atoms with Gasteiger partial charge in [0.1, 0.15) is 29.3 Å². The van der Waals surface area contributed by atoms with Gasteiger partial charge in [-0.05, 0) is 12.5 Å². The number of hydrogen-bond acceptors (Lipinski definition) is 2. The van der Waals surface area contributed by atoms with Crippen LogP contribution in [0.15, 0.2) is 42.5 Å². The van der Waals surface area contributed by atoms with E-state index in [4.69, 9.17) is 10.5 Å². The summed E-state index contributed by atoms with van der Waals surface area (Å²) in [5, 5.41) is 0. The van der Waals surface area contributed by atoms with Crippen molar-refractivity contribution in [3.05, 3.63) is 65.5 Å². The second-order valence-electron chi connectivity index (χ2n) is 4.74. The van der Waals surface area contributed by atoms with Crippen LogP contribution in [0.2, 0.25) is 0 Å². The minimum Gasteiger partial charge on any atom is -0.484 e. The topological polar surface area (TPSA) is 35.2 Å². The third kappa shape index (κ3) is 3.76. The van der Waals surface area contributed by atoms with E-state index in [-0.39, 0.29) is 11.3 Å². The predicted molar refractivity (Wildman–Crippen MR) is 74.4 cm³/mol. The summed E-state index contributed by atoms with van der Waals surface area (Å²) in [5.41, 5.74) is 6.22. The molecule has 0 aliphatic rings. The van der Waals surface area contributed by atoms with E-state index in [2.05, 4.69) is 0 Å². The van der Waals surface area contributed by atoms with Crippen LogP contribution in [0.1, 0.15) is 25.0 Å². The van der Waals surface area contributed by atoms with Crippen LogP contribution < -0.4 is 10.5 Å². The molecule has 0 fully saturated rings. The van der Waals surface area contributed by atoms with Gasteiger partial charge in [0.05, 0.1) is 0 Å². The average Bonchev–Trinajstić information content (AvgIpc) is 2.44. The van der Waals surface area contributed by atoms with Crippen LogP contribution in [0.3, 0.4) is 0 Å². The second-order valence-corrected chi connectivity index (χ2v) is 4.74. The van der Waals surface area contributed by atoms with E-state index in [9.17, 15) is 13.2 Å². The number of ether oxygens (including phenoxy) is 1. The Hall–Kier alpha value is -2.01. The predicted octanol–water partition coefficient (Wildman–Crippen LogP) is 3.96. The highest BCUT2D eigenvalue weighted by Crippen LogP contribution is 2.28. The summed E-state index contributed by atoms with van der Waals surface area (Å²) in [5.74, 6) is -2.02. The molecule has 0 aromatic heterocycles. The monoisotopic (exact) mass is 295 g/mol. The van der Waals surface area contributed by atoms with Crippen molar-refractivity contribution in [2.75, 3.05) is 0 Å². The van der Waals surface area contributed by atoms with E-state index in [0.29, 0.717) is 6.42 Å². The van der Waals surface area contributed by atoms with Crippen LogP contribution in [0.5, 0.6) is 5.75 Å². The van der Waals surface area contributed by atoms with Crippen molar-refractivity contribution in [1.29, 1.82) is 0 Å². The first-order valence-corrected chi connectivity index (χ1v) is 6.64. The summed E-state index contributed by atoms with van der Waals surface area (Å²) in [4.78, 5) is 0. The third-order valence-corrected chi connectivity index (χ3v) is 3.17. The van der Waals surface area contributed by atoms with Gasteiger partial charge >= 0.3 is 0 Å². The fourth-order valence-corrected chi connectivity index (χ4v) is 2.04. The summed E-state index contributed by atoms with van der Waals surface area (Å²) in [7, 11) is 0. The summed E-state index contributed by atoms with van der Waals surface area (Å²) in [6, 6.07) is 8.36. The molecule has 2 aromatic carbocycles. The zero-order valence-electron chi connectivity index (χ0n) is 11.5. The van der Waals surface area contributed by atoms with Crippen molar-refractivity contribution >= 4 is 0 Å². The van der Waals surface area contributed by atoms with E-state index in [1.807, 2.05) is 6.92 Å². The van der Waals surface area contributed by atoms with Crippen molar-refractivity contribution in [3.8, 4) is 5.75 Å². The normalized spacial score (nSPS) is 13.8. The van der Waals surface area contributed by atoms with Crippen molar-refractivity contribution in [2.24, 2.45) is 5.73 Å². The standard InChI is InChI=1S/C16H16F3NO/c1-2-15(20)16(13-5-3-4-6-14(13)19)21-12-8-10(17)7-11(18)9-12/h3-9,15-16H,2,20H2,1H3. The van der Waals surface area contributed by atoms with Gasteiger partial charge in [-0.25, -0.2) is 13.2 Å². The molecule has 21 heavy (non-hydrogen) atoms. The van der Waals surface area contributed by atoms with E-state index >= 15 is 0 Å². The van der Waals surface area contributed by atoms with Crippen LogP contribution in [0.25, 0.3) is 0 Å². The number of nitrogens with two attached hydrogens (primary N) is 1. The Kier molecular flexibility index (Phi) is 4.85. The maximum absolute atomic E-state index is 13.9. The molecule has 0 saturated carbocycles. The quantitative estimate of drug-likeness (QED) is 0.906. The van der Waals surface area contributed by atoms with Crippen molar-refractivity contribution in [3.63, 3.8) is 0 Å². The Bertz CT molecular complexity index is 598. The molecule has 0 aliphatic carbocycles. The summed E-state index contributed by atoms with van der Waals surface area (Å²) >= 11 is 0. The molecule has 2 aromatic rings. The second kappa shape index (κ2) is 6.63. The molecule has 0 bridgehead atoms. The first-order valence-electron chi connectivity index (χ1n) is 6.64. The molecule has 0 saturated heterocycles. The molecule has 0 amide bonds. The van der Waals surface area contributed by atoms with Crippen LogP contribution in [-0.2, 0) is 0 Å². The van der Waals surface area contributed by atoms with Crippen LogP contribution >= 0.6 is 0 Å². The number of rotatable bonds is 5. The fraction of sp³-hybridized carbons (Fsp3) is 0.250. The minimum atomic E-state index is -0.822. The highest BCUT2D eigenvalue weighted by molar-refractivity contribution is 5.27. The molecule has 2 atom stereocenters. The molecule has 0 aliphatic heterocycles. The molecule has 0 radical (unpaired) electrons. The number of halogens is 3. The molecule has 2 N–H and O–H groups in total. The van der Waals surface area contributed by atoms with Gasteiger partial charge in [-0.1, -0.05) is 25.1 Å². The highest BCUT2D eigenvalue weighted by Gasteiger charge is 2.24. The number of benzene rings is 2. The first-order chi connectivity index (χ1) is 10.0. The highest BCUT2D eigenvalue weighted by atomic mass is 19.1. The van der Waals surface area contributed by atoms with Gasteiger partial charge in [0.15, 0.2) is 0 Å². The Morgan fingerprint density at radius 2 is 1.67 bits per heavy atom.